The van der Waals surface area contributed by atoms with Gasteiger partial charge in [-0.25, -0.2) is 9.97 Å². The van der Waals surface area contributed by atoms with Crippen molar-refractivity contribution in [2.75, 3.05) is 31.6 Å². The molecule has 7 heteroatoms. The summed E-state index contributed by atoms with van der Waals surface area (Å²) >= 11 is 0. The maximum absolute atomic E-state index is 10.4. The number of nitrogens with one attached hydrogen (secondary N) is 2. The number of aromatic nitrogens is 3. The molecule has 3 rings (SSSR count). The Balaban J connectivity index is 1.78. The standard InChI is InChI=1S/C18H25N5O2/c1-2-25-12-17-22-15-6-9-19-8-5-14(15)18(23-17)21-11-16(24)13-4-3-7-20-10-13/h3-4,7,10,16,19,24H,2,5-6,8-9,11-12H2,1H3,(H,21,22,23)/t16-/m0/s1. The Hall–Kier alpha value is -2.09. The van der Waals surface area contributed by atoms with Gasteiger partial charge in [-0.05, 0) is 26.0 Å². The van der Waals surface area contributed by atoms with Gasteiger partial charge >= 0.3 is 0 Å². The van der Waals surface area contributed by atoms with Gasteiger partial charge < -0.3 is 20.5 Å². The van der Waals surface area contributed by atoms with Gasteiger partial charge in [-0.15, -0.1) is 0 Å². The highest BCUT2D eigenvalue weighted by Crippen LogP contribution is 2.21. The molecule has 0 unspecified atom stereocenters. The molecule has 1 atom stereocenters. The highest BCUT2D eigenvalue weighted by Gasteiger charge is 2.17. The third-order valence-corrected chi connectivity index (χ3v) is 4.20. The molecule has 25 heavy (non-hydrogen) atoms. The predicted molar refractivity (Wildman–Crippen MR) is 95.3 cm³/mol. The van der Waals surface area contributed by atoms with Gasteiger partial charge in [0.1, 0.15) is 12.4 Å². The molecular weight excluding hydrogens is 318 g/mol. The lowest BCUT2D eigenvalue weighted by atomic mass is 10.1. The first kappa shape index (κ1) is 17.7. The van der Waals surface area contributed by atoms with Crippen LogP contribution in [-0.2, 0) is 24.2 Å². The van der Waals surface area contributed by atoms with Crippen molar-refractivity contribution in [3.8, 4) is 0 Å². The number of hydrogen-bond donors (Lipinski definition) is 3. The molecule has 134 valence electrons. The van der Waals surface area contributed by atoms with Gasteiger partial charge in [0.15, 0.2) is 5.82 Å². The number of hydrogen-bond acceptors (Lipinski definition) is 7. The van der Waals surface area contributed by atoms with E-state index in [-0.39, 0.29) is 0 Å². The van der Waals surface area contributed by atoms with Crippen LogP contribution in [-0.4, -0.2) is 46.3 Å². The summed E-state index contributed by atoms with van der Waals surface area (Å²) in [4.78, 5) is 13.4. The van der Waals surface area contributed by atoms with Gasteiger partial charge in [-0.3, -0.25) is 4.98 Å². The van der Waals surface area contributed by atoms with Crippen molar-refractivity contribution in [2.45, 2.75) is 32.5 Å². The molecule has 0 saturated carbocycles. The monoisotopic (exact) mass is 343 g/mol. The van der Waals surface area contributed by atoms with Crippen molar-refractivity contribution >= 4 is 5.82 Å². The first-order valence-corrected chi connectivity index (χ1v) is 8.77. The number of rotatable bonds is 7. The van der Waals surface area contributed by atoms with Crippen molar-refractivity contribution < 1.29 is 9.84 Å². The Kier molecular flexibility index (Phi) is 6.27. The van der Waals surface area contributed by atoms with E-state index in [1.165, 1.54) is 0 Å². The van der Waals surface area contributed by atoms with E-state index in [4.69, 9.17) is 4.74 Å². The van der Waals surface area contributed by atoms with E-state index < -0.39 is 6.10 Å². The van der Waals surface area contributed by atoms with Crippen LogP contribution in [0.3, 0.4) is 0 Å². The zero-order valence-electron chi connectivity index (χ0n) is 14.5. The van der Waals surface area contributed by atoms with Crippen LogP contribution in [0.15, 0.2) is 24.5 Å². The topological polar surface area (TPSA) is 92.2 Å². The van der Waals surface area contributed by atoms with Crippen LogP contribution in [0.2, 0.25) is 0 Å². The van der Waals surface area contributed by atoms with Crippen LogP contribution in [0.25, 0.3) is 0 Å². The molecule has 0 bridgehead atoms. The van der Waals surface area contributed by atoms with E-state index in [1.807, 2.05) is 19.1 Å². The Morgan fingerprint density at radius 2 is 2.20 bits per heavy atom. The fraction of sp³-hybridized carbons (Fsp3) is 0.500. The summed E-state index contributed by atoms with van der Waals surface area (Å²) in [6, 6.07) is 3.69. The highest BCUT2D eigenvalue weighted by atomic mass is 16.5. The molecule has 0 fully saturated rings. The predicted octanol–water partition coefficient (Wildman–Crippen LogP) is 1.24. The normalized spacial score (nSPS) is 15.3. The van der Waals surface area contributed by atoms with Gasteiger partial charge in [0.05, 0.1) is 11.8 Å². The smallest absolute Gasteiger partial charge is 0.156 e. The molecule has 3 N–H and O–H groups in total. The van der Waals surface area contributed by atoms with Gasteiger partial charge in [-0.2, -0.15) is 0 Å². The second kappa shape index (κ2) is 8.84. The SMILES string of the molecule is CCOCc1nc2c(c(NC[C@H](O)c3cccnc3)n1)CCNCC2. The summed E-state index contributed by atoms with van der Waals surface area (Å²) < 4.78 is 5.47. The highest BCUT2D eigenvalue weighted by molar-refractivity contribution is 5.48. The fourth-order valence-electron chi connectivity index (χ4n) is 2.88. The quantitative estimate of drug-likeness (QED) is 0.696. The maximum Gasteiger partial charge on any atom is 0.156 e. The van der Waals surface area contributed by atoms with Gasteiger partial charge in [0.2, 0.25) is 0 Å². The molecule has 1 aliphatic heterocycles. The van der Waals surface area contributed by atoms with Gasteiger partial charge in [0, 0.05) is 49.6 Å². The van der Waals surface area contributed by atoms with Crippen LogP contribution in [0, 0.1) is 0 Å². The maximum atomic E-state index is 10.4. The summed E-state index contributed by atoms with van der Waals surface area (Å²) in [6.45, 7) is 5.17. The van der Waals surface area contributed by atoms with Crippen molar-refractivity contribution in [2.24, 2.45) is 0 Å². The lowest BCUT2D eigenvalue weighted by Crippen LogP contribution is -2.18. The van der Waals surface area contributed by atoms with Gasteiger partial charge in [0.25, 0.3) is 0 Å². The molecule has 0 saturated heterocycles. The van der Waals surface area contributed by atoms with Crippen molar-refractivity contribution in [3.63, 3.8) is 0 Å². The first-order valence-electron chi connectivity index (χ1n) is 8.77. The Labute approximate surface area is 147 Å². The third-order valence-electron chi connectivity index (χ3n) is 4.20. The number of anilines is 1. The summed E-state index contributed by atoms with van der Waals surface area (Å²) in [5.41, 5.74) is 2.98. The van der Waals surface area contributed by atoms with E-state index in [2.05, 4.69) is 25.6 Å². The third kappa shape index (κ3) is 4.72. The summed E-state index contributed by atoms with van der Waals surface area (Å²) in [5, 5.41) is 17.1. The molecule has 2 aromatic rings. The molecule has 3 heterocycles. The van der Waals surface area contributed by atoms with E-state index in [1.54, 1.807) is 12.4 Å². The van der Waals surface area contributed by atoms with Gasteiger partial charge in [-0.1, -0.05) is 6.07 Å². The van der Waals surface area contributed by atoms with E-state index in [0.717, 1.165) is 48.6 Å². The molecular formula is C18H25N5O2. The van der Waals surface area contributed by atoms with E-state index in [0.29, 0.717) is 25.6 Å². The lowest BCUT2D eigenvalue weighted by Gasteiger charge is -2.17. The second-order valence-electron chi connectivity index (χ2n) is 5.98. The summed E-state index contributed by atoms with van der Waals surface area (Å²) in [6.07, 6.45) is 4.48. The zero-order chi connectivity index (χ0) is 17.5. The molecule has 1 aliphatic rings. The number of aliphatic hydroxyl groups excluding tert-OH is 1. The van der Waals surface area contributed by atoms with Crippen LogP contribution in [0.4, 0.5) is 5.82 Å². The summed E-state index contributed by atoms with van der Waals surface area (Å²) in [7, 11) is 0. The molecule has 2 aromatic heterocycles. The molecule has 0 amide bonds. The minimum absolute atomic E-state index is 0.372. The van der Waals surface area contributed by atoms with E-state index >= 15 is 0 Å². The zero-order valence-corrected chi connectivity index (χ0v) is 14.5. The average Bonchev–Trinajstić information content (AvgIpc) is 2.90. The first-order chi connectivity index (χ1) is 12.3. The van der Waals surface area contributed by atoms with Crippen LogP contribution < -0.4 is 10.6 Å². The van der Waals surface area contributed by atoms with Crippen LogP contribution >= 0.6 is 0 Å². The van der Waals surface area contributed by atoms with Crippen molar-refractivity contribution in [1.29, 1.82) is 0 Å². The Bertz CT molecular complexity index is 681. The molecule has 0 spiro atoms. The summed E-state index contributed by atoms with van der Waals surface area (Å²) in [5.74, 6) is 1.48. The van der Waals surface area contributed by atoms with Crippen LogP contribution in [0.1, 0.15) is 35.7 Å². The molecule has 7 nitrogen and oxygen atoms in total. The largest absolute Gasteiger partial charge is 0.387 e. The number of ether oxygens (including phenoxy) is 1. The van der Waals surface area contributed by atoms with Crippen molar-refractivity contribution in [3.05, 3.63) is 47.2 Å². The number of aliphatic hydroxyl groups is 1. The number of pyridine rings is 1. The van der Waals surface area contributed by atoms with Crippen molar-refractivity contribution in [1.82, 2.24) is 20.3 Å². The fourth-order valence-corrected chi connectivity index (χ4v) is 2.88. The number of fused-ring (bicyclic) bond motifs is 1. The van der Waals surface area contributed by atoms with Crippen LogP contribution in [0.5, 0.6) is 0 Å². The minimum Gasteiger partial charge on any atom is -0.387 e. The Morgan fingerprint density at radius 3 is 3.00 bits per heavy atom. The molecule has 0 aromatic carbocycles. The molecule has 0 aliphatic carbocycles. The second-order valence-corrected chi connectivity index (χ2v) is 5.98. The average molecular weight is 343 g/mol. The molecule has 0 radical (unpaired) electrons. The Morgan fingerprint density at radius 1 is 1.32 bits per heavy atom. The number of nitrogens with zero attached hydrogens (tertiary/aromatic N) is 3. The lowest BCUT2D eigenvalue weighted by molar-refractivity contribution is 0.128. The van der Waals surface area contributed by atoms with E-state index in [9.17, 15) is 5.11 Å². The minimum atomic E-state index is -0.640.